The van der Waals surface area contributed by atoms with Crippen LogP contribution in [0.1, 0.15) is 40.2 Å². The SMILES string of the molecule is CCN(CC)S(=O)(=O)c1cc(NC(=O)[C@@H](C)[NH+]2C[C@@H](C)O[C@@H](C)C2)ccc1C. The predicted molar refractivity (Wildman–Crippen MR) is 110 cm³/mol. The molecule has 1 aliphatic rings. The van der Waals surface area contributed by atoms with Gasteiger partial charge in [-0.25, -0.2) is 8.42 Å². The molecule has 7 nitrogen and oxygen atoms in total. The smallest absolute Gasteiger partial charge is 0.282 e. The number of benzene rings is 1. The number of anilines is 1. The molecule has 1 amide bonds. The Kier molecular flexibility index (Phi) is 7.61. The number of ether oxygens (including phenoxy) is 1. The lowest BCUT2D eigenvalue weighted by atomic mass is 10.1. The van der Waals surface area contributed by atoms with Crippen LogP contribution in [0.15, 0.2) is 23.1 Å². The minimum absolute atomic E-state index is 0.110. The Hall–Kier alpha value is -1.48. The van der Waals surface area contributed by atoms with E-state index in [0.29, 0.717) is 24.3 Å². The van der Waals surface area contributed by atoms with Gasteiger partial charge < -0.3 is 15.0 Å². The van der Waals surface area contributed by atoms with Crippen LogP contribution in [0.25, 0.3) is 0 Å². The van der Waals surface area contributed by atoms with Gasteiger partial charge in [0.25, 0.3) is 5.91 Å². The summed E-state index contributed by atoms with van der Waals surface area (Å²) in [4.78, 5) is 14.2. The number of carbonyl (C=O) groups excluding carboxylic acids is 1. The third-order valence-electron chi connectivity index (χ3n) is 5.35. The number of rotatable bonds is 7. The van der Waals surface area contributed by atoms with E-state index < -0.39 is 10.0 Å². The molecule has 0 radical (unpaired) electrons. The first-order chi connectivity index (χ1) is 13.1. The van der Waals surface area contributed by atoms with Crippen molar-refractivity contribution in [1.82, 2.24) is 4.31 Å². The van der Waals surface area contributed by atoms with Gasteiger partial charge in [-0.1, -0.05) is 19.9 Å². The molecule has 2 rings (SSSR count). The van der Waals surface area contributed by atoms with Crippen LogP contribution in [-0.2, 0) is 19.6 Å². The highest BCUT2D eigenvalue weighted by atomic mass is 32.2. The van der Waals surface area contributed by atoms with Gasteiger partial charge in [0.05, 0.1) is 4.90 Å². The van der Waals surface area contributed by atoms with Crippen molar-refractivity contribution in [2.24, 2.45) is 0 Å². The highest BCUT2D eigenvalue weighted by Gasteiger charge is 2.33. The van der Waals surface area contributed by atoms with Crippen molar-refractivity contribution in [2.75, 3.05) is 31.5 Å². The Morgan fingerprint density at radius 2 is 1.82 bits per heavy atom. The zero-order valence-corrected chi connectivity index (χ0v) is 18.6. The Bertz CT molecular complexity index is 783. The minimum Gasteiger partial charge on any atom is -0.364 e. The van der Waals surface area contributed by atoms with Crippen LogP contribution in [0.2, 0.25) is 0 Å². The fourth-order valence-electron chi connectivity index (χ4n) is 3.76. The molecule has 1 aromatic rings. The summed E-state index contributed by atoms with van der Waals surface area (Å²) >= 11 is 0. The largest absolute Gasteiger partial charge is 0.364 e. The van der Waals surface area contributed by atoms with Crippen LogP contribution in [0.4, 0.5) is 5.69 Å². The topological polar surface area (TPSA) is 80.2 Å². The van der Waals surface area contributed by atoms with E-state index >= 15 is 0 Å². The van der Waals surface area contributed by atoms with Crippen molar-refractivity contribution in [3.8, 4) is 0 Å². The molecule has 1 unspecified atom stereocenters. The highest BCUT2D eigenvalue weighted by molar-refractivity contribution is 7.89. The van der Waals surface area contributed by atoms with Crippen molar-refractivity contribution >= 4 is 21.6 Å². The number of nitrogens with zero attached hydrogens (tertiary/aromatic N) is 1. The third-order valence-corrected chi connectivity index (χ3v) is 7.54. The maximum atomic E-state index is 12.9. The molecule has 158 valence electrons. The van der Waals surface area contributed by atoms with Crippen molar-refractivity contribution in [2.45, 2.75) is 64.7 Å². The molecule has 1 fully saturated rings. The molecule has 0 saturated carbocycles. The minimum atomic E-state index is -3.59. The summed E-state index contributed by atoms with van der Waals surface area (Å²) in [6.07, 6.45) is 0.221. The summed E-state index contributed by atoms with van der Waals surface area (Å²) in [6.45, 7) is 13.7. The number of hydrogen-bond acceptors (Lipinski definition) is 4. The quantitative estimate of drug-likeness (QED) is 0.701. The summed E-state index contributed by atoms with van der Waals surface area (Å²) in [5.41, 5.74) is 1.17. The Balaban J connectivity index is 2.19. The summed E-state index contributed by atoms with van der Waals surface area (Å²) in [6, 6.07) is 4.80. The Morgan fingerprint density at radius 3 is 2.36 bits per heavy atom. The van der Waals surface area contributed by atoms with E-state index in [1.165, 1.54) is 9.21 Å². The van der Waals surface area contributed by atoms with Crippen LogP contribution in [0.5, 0.6) is 0 Å². The molecule has 28 heavy (non-hydrogen) atoms. The Labute approximate surface area is 169 Å². The molecular weight excluding hydrogens is 378 g/mol. The van der Waals surface area contributed by atoms with E-state index in [0.717, 1.165) is 13.1 Å². The first-order valence-corrected chi connectivity index (χ1v) is 11.5. The molecule has 1 saturated heterocycles. The van der Waals surface area contributed by atoms with Crippen LogP contribution in [0, 0.1) is 6.92 Å². The van der Waals surface area contributed by atoms with Crippen LogP contribution >= 0.6 is 0 Å². The standard InChI is InChI=1S/C20H33N3O4S/c1-7-23(8-2)28(25,26)19-11-18(10-9-14(19)3)21-20(24)17(6)22-12-15(4)27-16(5)13-22/h9-11,15-17H,7-8,12-13H2,1-6H3,(H,21,24)/p+1/t15-,16+,17-/m1/s1. The summed E-state index contributed by atoms with van der Waals surface area (Å²) in [5, 5.41) is 2.90. The zero-order chi connectivity index (χ0) is 21.1. The first kappa shape index (κ1) is 22.8. The lowest BCUT2D eigenvalue weighted by Gasteiger charge is -2.35. The molecule has 1 aliphatic heterocycles. The van der Waals surface area contributed by atoms with E-state index in [9.17, 15) is 13.2 Å². The number of quaternary nitrogens is 1. The average Bonchev–Trinajstić information content (AvgIpc) is 2.62. The second-order valence-electron chi connectivity index (χ2n) is 7.60. The molecule has 1 heterocycles. The number of nitrogens with one attached hydrogen (secondary N) is 2. The molecule has 0 aromatic heterocycles. The van der Waals surface area contributed by atoms with E-state index in [1.807, 2.05) is 34.6 Å². The second kappa shape index (κ2) is 9.35. The van der Waals surface area contributed by atoms with Gasteiger partial charge in [-0.05, 0) is 45.4 Å². The van der Waals surface area contributed by atoms with Crippen molar-refractivity contribution in [3.05, 3.63) is 23.8 Å². The molecular formula is C20H34N3O4S+. The molecule has 0 bridgehead atoms. The van der Waals surface area contributed by atoms with E-state index in [2.05, 4.69) is 5.32 Å². The lowest BCUT2D eigenvalue weighted by Crippen LogP contribution is -3.19. The van der Waals surface area contributed by atoms with Gasteiger partial charge in [0.15, 0.2) is 6.04 Å². The molecule has 0 aliphatic carbocycles. The predicted octanol–water partition coefficient (Wildman–Crippen LogP) is 1.04. The van der Waals surface area contributed by atoms with Gasteiger partial charge in [-0.3, -0.25) is 4.79 Å². The lowest BCUT2D eigenvalue weighted by molar-refractivity contribution is -0.928. The number of sulfonamides is 1. The molecule has 4 atom stereocenters. The maximum absolute atomic E-state index is 12.9. The fourth-order valence-corrected chi connectivity index (χ4v) is 5.47. The van der Waals surface area contributed by atoms with Crippen molar-refractivity contribution < 1.29 is 22.8 Å². The van der Waals surface area contributed by atoms with Gasteiger partial charge in [0, 0.05) is 18.8 Å². The second-order valence-corrected chi connectivity index (χ2v) is 9.51. The van der Waals surface area contributed by atoms with E-state index in [1.54, 1.807) is 25.1 Å². The van der Waals surface area contributed by atoms with Gasteiger partial charge in [0.2, 0.25) is 10.0 Å². The van der Waals surface area contributed by atoms with Gasteiger partial charge in [-0.15, -0.1) is 0 Å². The van der Waals surface area contributed by atoms with Gasteiger partial charge in [-0.2, -0.15) is 4.31 Å². The number of morpholine rings is 1. The van der Waals surface area contributed by atoms with Crippen molar-refractivity contribution in [1.29, 1.82) is 0 Å². The first-order valence-electron chi connectivity index (χ1n) is 10.0. The molecule has 1 aromatic carbocycles. The van der Waals surface area contributed by atoms with Gasteiger partial charge in [0.1, 0.15) is 25.3 Å². The van der Waals surface area contributed by atoms with E-state index in [4.69, 9.17) is 4.74 Å². The zero-order valence-electron chi connectivity index (χ0n) is 17.8. The van der Waals surface area contributed by atoms with Crippen LogP contribution in [-0.4, -0.2) is 63.1 Å². The number of amides is 1. The fraction of sp³-hybridized carbons (Fsp3) is 0.650. The van der Waals surface area contributed by atoms with Crippen LogP contribution in [0.3, 0.4) is 0 Å². The number of aryl methyl sites for hydroxylation is 1. The average molecular weight is 413 g/mol. The monoisotopic (exact) mass is 412 g/mol. The number of carbonyl (C=O) groups is 1. The normalized spacial score (nSPS) is 24.2. The summed E-state index contributed by atoms with van der Waals surface area (Å²) in [7, 11) is -3.59. The molecule has 2 N–H and O–H groups in total. The van der Waals surface area contributed by atoms with E-state index in [-0.39, 0.29) is 29.1 Å². The van der Waals surface area contributed by atoms with Crippen LogP contribution < -0.4 is 10.2 Å². The number of hydrogen-bond donors (Lipinski definition) is 2. The maximum Gasteiger partial charge on any atom is 0.282 e. The summed E-state index contributed by atoms with van der Waals surface area (Å²) in [5.74, 6) is -0.119. The third kappa shape index (κ3) is 5.11. The summed E-state index contributed by atoms with van der Waals surface area (Å²) < 4.78 is 33.0. The Morgan fingerprint density at radius 1 is 1.25 bits per heavy atom. The highest BCUT2D eigenvalue weighted by Crippen LogP contribution is 2.23. The molecule has 8 heteroatoms. The van der Waals surface area contributed by atoms with Crippen molar-refractivity contribution in [3.63, 3.8) is 0 Å². The van der Waals surface area contributed by atoms with Gasteiger partial charge >= 0.3 is 0 Å². The molecule has 0 spiro atoms.